The van der Waals surface area contributed by atoms with Crippen LogP contribution in [-0.4, -0.2) is 22.5 Å². The number of methoxy groups -OCH3 is 1. The van der Waals surface area contributed by atoms with E-state index < -0.39 is 5.97 Å². The van der Waals surface area contributed by atoms with Crippen molar-refractivity contribution in [1.29, 1.82) is 0 Å². The molecule has 0 atom stereocenters. The third-order valence-corrected chi connectivity index (χ3v) is 3.69. The predicted molar refractivity (Wildman–Crippen MR) is 92.5 cm³/mol. The summed E-state index contributed by atoms with van der Waals surface area (Å²) in [6.45, 7) is 2.26. The molecule has 0 radical (unpaired) electrons. The number of aryl methyl sites for hydroxylation is 1. The summed E-state index contributed by atoms with van der Waals surface area (Å²) in [5, 5.41) is 0. The van der Waals surface area contributed by atoms with Gasteiger partial charge in [-0.25, -0.2) is 9.78 Å². The van der Waals surface area contributed by atoms with Gasteiger partial charge in [0.2, 0.25) is 0 Å². The lowest BCUT2D eigenvalue weighted by molar-refractivity contribution is 0.0467. The van der Waals surface area contributed by atoms with E-state index in [-0.39, 0.29) is 12.2 Å². The van der Waals surface area contributed by atoms with Crippen LogP contribution in [0.25, 0.3) is 5.65 Å². The average Bonchev–Trinajstić information content (AvgIpc) is 2.61. The van der Waals surface area contributed by atoms with Crippen molar-refractivity contribution in [3.8, 4) is 0 Å². The SMILES string of the molecule is COCc1cccc(C(=O)OCc2cc(=O)n3cc(C)ccc3n2)c1. The Hall–Kier alpha value is -2.99. The van der Waals surface area contributed by atoms with Crippen LogP contribution in [0.5, 0.6) is 0 Å². The third kappa shape index (κ3) is 3.92. The number of hydrogen-bond acceptors (Lipinski definition) is 5. The first-order valence-corrected chi connectivity index (χ1v) is 7.81. The van der Waals surface area contributed by atoms with Crippen molar-refractivity contribution in [2.75, 3.05) is 7.11 Å². The third-order valence-electron chi connectivity index (χ3n) is 3.69. The number of aromatic nitrogens is 2. The highest BCUT2D eigenvalue weighted by Gasteiger charge is 2.10. The molecule has 0 saturated carbocycles. The number of hydrogen-bond donors (Lipinski definition) is 0. The quantitative estimate of drug-likeness (QED) is 0.669. The fraction of sp³-hybridized carbons (Fsp3) is 0.211. The summed E-state index contributed by atoms with van der Waals surface area (Å²) in [6, 6.07) is 12.0. The normalized spacial score (nSPS) is 10.8. The van der Waals surface area contributed by atoms with Crippen LogP contribution >= 0.6 is 0 Å². The molecule has 0 aliphatic rings. The van der Waals surface area contributed by atoms with E-state index in [1.807, 2.05) is 19.1 Å². The number of nitrogens with zero attached hydrogens (tertiary/aromatic N) is 2. The lowest BCUT2D eigenvalue weighted by Gasteiger charge is -2.07. The first-order valence-electron chi connectivity index (χ1n) is 7.81. The molecule has 0 amide bonds. The second kappa shape index (κ2) is 7.27. The minimum absolute atomic E-state index is 0.0625. The van der Waals surface area contributed by atoms with Crippen molar-refractivity contribution >= 4 is 11.6 Å². The number of esters is 1. The van der Waals surface area contributed by atoms with Crippen molar-refractivity contribution in [2.45, 2.75) is 20.1 Å². The Labute approximate surface area is 144 Å². The summed E-state index contributed by atoms with van der Waals surface area (Å²) in [6.07, 6.45) is 1.72. The molecular formula is C19H18N2O4. The molecule has 0 aliphatic heterocycles. The topological polar surface area (TPSA) is 69.9 Å². The van der Waals surface area contributed by atoms with E-state index in [2.05, 4.69) is 4.98 Å². The summed E-state index contributed by atoms with van der Waals surface area (Å²) in [7, 11) is 1.59. The molecule has 2 heterocycles. The second-order valence-electron chi connectivity index (χ2n) is 5.73. The van der Waals surface area contributed by atoms with Gasteiger partial charge in [0.05, 0.1) is 17.9 Å². The predicted octanol–water partition coefficient (Wildman–Crippen LogP) is 2.51. The molecule has 0 bridgehead atoms. The van der Waals surface area contributed by atoms with Crippen LogP contribution < -0.4 is 5.56 Å². The zero-order valence-electron chi connectivity index (χ0n) is 14.1. The first-order chi connectivity index (χ1) is 12.1. The Kier molecular flexibility index (Phi) is 4.90. The fourth-order valence-electron chi connectivity index (χ4n) is 2.51. The van der Waals surface area contributed by atoms with Crippen LogP contribution in [0, 0.1) is 6.92 Å². The Morgan fingerprint density at radius 2 is 2.00 bits per heavy atom. The second-order valence-corrected chi connectivity index (χ2v) is 5.73. The summed E-state index contributed by atoms with van der Waals surface area (Å²) in [5.74, 6) is -0.469. The summed E-state index contributed by atoms with van der Waals surface area (Å²) in [5.41, 5.74) is 3.01. The molecule has 6 heteroatoms. The first kappa shape index (κ1) is 16.9. The highest BCUT2D eigenvalue weighted by atomic mass is 16.5. The molecule has 6 nitrogen and oxygen atoms in total. The molecular weight excluding hydrogens is 320 g/mol. The van der Waals surface area contributed by atoms with Gasteiger partial charge in [-0.2, -0.15) is 0 Å². The molecule has 0 spiro atoms. The van der Waals surface area contributed by atoms with Gasteiger partial charge in [-0.05, 0) is 36.2 Å². The molecule has 0 N–H and O–H groups in total. The minimum atomic E-state index is -0.469. The number of ether oxygens (including phenoxy) is 2. The minimum Gasteiger partial charge on any atom is -0.456 e. The number of rotatable bonds is 5. The molecule has 0 fully saturated rings. The van der Waals surface area contributed by atoms with Crippen molar-refractivity contribution in [3.05, 3.63) is 81.4 Å². The van der Waals surface area contributed by atoms with Gasteiger partial charge in [0.1, 0.15) is 12.3 Å². The van der Waals surface area contributed by atoms with E-state index in [4.69, 9.17) is 9.47 Å². The van der Waals surface area contributed by atoms with E-state index in [0.29, 0.717) is 23.5 Å². The molecule has 1 aromatic carbocycles. The van der Waals surface area contributed by atoms with E-state index in [0.717, 1.165) is 11.1 Å². The molecule has 0 aliphatic carbocycles. The molecule has 0 unspecified atom stereocenters. The van der Waals surface area contributed by atoms with Crippen LogP contribution in [0.15, 0.2) is 53.5 Å². The number of pyridine rings is 1. The monoisotopic (exact) mass is 338 g/mol. The maximum atomic E-state index is 12.2. The van der Waals surface area contributed by atoms with Gasteiger partial charge in [0, 0.05) is 19.4 Å². The number of fused-ring (bicyclic) bond motifs is 1. The summed E-state index contributed by atoms with van der Waals surface area (Å²) >= 11 is 0. The van der Waals surface area contributed by atoms with Crippen molar-refractivity contribution in [3.63, 3.8) is 0 Å². The van der Waals surface area contributed by atoms with Gasteiger partial charge >= 0.3 is 5.97 Å². The maximum absolute atomic E-state index is 12.2. The molecule has 3 rings (SSSR count). The van der Waals surface area contributed by atoms with Crippen molar-refractivity contribution in [2.24, 2.45) is 0 Å². The number of benzene rings is 1. The van der Waals surface area contributed by atoms with Crippen LogP contribution in [0.1, 0.15) is 27.2 Å². The van der Waals surface area contributed by atoms with Gasteiger partial charge in [-0.15, -0.1) is 0 Å². The highest BCUT2D eigenvalue weighted by molar-refractivity contribution is 5.89. The van der Waals surface area contributed by atoms with E-state index in [1.165, 1.54) is 10.5 Å². The Balaban J connectivity index is 1.76. The Bertz CT molecular complexity index is 979. The zero-order valence-corrected chi connectivity index (χ0v) is 14.1. The van der Waals surface area contributed by atoms with Gasteiger partial charge in [0.25, 0.3) is 5.56 Å². The Morgan fingerprint density at radius 3 is 2.80 bits per heavy atom. The van der Waals surface area contributed by atoms with E-state index in [9.17, 15) is 9.59 Å². The van der Waals surface area contributed by atoms with Crippen LogP contribution in [0.3, 0.4) is 0 Å². The average molecular weight is 338 g/mol. The van der Waals surface area contributed by atoms with Gasteiger partial charge in [-0.3, -0.25) is 9.20 Å². The van der Waals surface area contributed by atoms with Gasteiger partial charge in [0.15, 0.2) is 0 Å². The number of carbonyl (C=O) groups is 1. The molecule has 128 valence electrons. The largest absolute Gasteiger partial charge is 0.456 e. The van der Waals surface area contributed by atoms with Crippen LogP contribution in [0.4, 0.5) is 0 Å². The van der Waals surface area contributed by atoms with E-state index in [1.54, 1.807) is 37.6 Å². The standard InChI is InChI=1S/C19H18N2O4/c1-13-6-7-17-20-16(9-18(22)21(17)10-13)12-25-19(23)15-5-3-4-14(8-15)11-24-2/h3-10H,11-12H2,1-2H3. The summed E-state index contributed by atoms with van der Waals surface area (Å²) < 4.78 is 11.8. The van der Waals surface area contributed by atoms with Crippen LogP contribution in [0.2, 0.25) is 0 Å². The summed E-state index contributed by atoms with van der Waals surface area (Å²) in [4.78, 5) is 28.7. The van der Waals surface area contributed by atoms with Crippen molar-refractivity contribution < 1.29 is 14.3 Å². The highest BCUT2D eigenvalue weighted by Crippen LogP contribution is 2.09. The van der Waals surface area contributed by atoms with Crippen molar-refractivity contribution in [1.82, 2.24) is 9.38 Å². The molecule has 25 heavy (non-hydrogen) atoms. The lowest BCUT2D eigenvalue weighted by Crippen LogP contribution is -2.17. The number of carbonyl (C=O) groups excluding carboxylic acids is 1. The molecule has 3 aromatic rings. The van der Waals surface area contributed by atoms with Crippen LogP contribution in [-0.2, 0) is 22.7 Å². The lowest BCUT2D eigenvalue weighted by atomic mass is 10.1. The van der Waals surface area contributed by atoms with E-state index >= 15 is 0 Å². The molecule has 2 aromatic heterocycles. The van der Waals surface area contributed by atoms with Gasteiger partial charge < -0.3 is 9.47 Å². The Morgan fingerprint density at radius 1 is 1.16 bits per heavy atom. The smallest absolute Gasteiger partial charge is 0.338 e. The van der Waals surface area contributed by atoms with Gasteiger partial charge in [-0.1, -0.05) is 18.2 Å². The zero-order chi connectivity index (χ0) is 17.8. The molecule has 0 saturated heterocycles. The fourth-order valence-corrected chi connectivity index (χ4v) is 2.51. The maximum Gasteiger partial charge on any atom is 0.338 e.